The molecule has 6 heteroatoms. The summed E-state index contributed by atoms with van der Waals surface area (Å²) < 4.78 is 26.0. The average molecular weight is 257 g/mol. The number of anilines is 1. The highest BCUT2D eigenvalue weighted by Crippen LogP contribution is 2.14. The molecule has 1 rings (SSSR count). The summed E-state index contributed by atoms with van der Waals surface area (Å²) in [7, 11) is 0. The van der Waals surface area contributed by atoms with E-state index >= 15 is 0 Å². The zero-order valence-corrected chi connectivity index (χ0v) is 10.2. The number of halogens is 2. The molecular weight excluding hydrogens is 240 g/mol. The normalized spacial score (nSPS) is 10.7. The summed E-state index contributed by atoms with van der Waals surface area (Å²) >= 11 is 0. The monoisotopic (exact) mass is 257 g/mol. The van der Waals surface area contributed by atoms with Crippen molar-refractivity contribution in [2.45, 2.75) is 6.92 Å². The van der Waals surface area contributed by atoms with Crippen LogP contribution in [0.4, 0.5) is 14.5 Å². The van der Waals surface area contributed by atoms with Gasteiger partial charge in [0.1, 0.15) is 11.6 Å². The summed E-state index contributed by atoms with van der Waals surface area (Å²) in [6, 6.07) is 3.02. The van der Waals surface area contributed by atoms with Crippen LogP contribution >= 0.6 is 0 Å². The van der Waals surface area contributed by atoms with E-state index in [1.807, 2.05) is 11.8 Å². The lowest BCUT2D eigenvalue weighted by Crippen LogP contribution is -2.36. The minimum atomic E-state index is -0.787. The topological polar surface area (TPSA) is 58.4 Å². The van der Waals surface area contributed by atoms with Crippen LogP contribution in [-0.4, -0.2) is 37.0 Å². The fraction of sp³-hybridized carbons (Fsp3) is 0.417. The fourth-order valence-electron chi connectivity index (χ4n) is 1.52. The number of benzene rings is 1. The summed E-state index contributed by atoms with van der Waals surface area (Å²) in [5.41, 5.74) is 5.38. The SMILES string of the molecule is CCN(CCN)CC(=O)Nc1ccc(F)cc1F. The van der Waals surface area contributed by atoms with Gasteiger partial charge in [-0.05, 0) is 18.7 Å². The average Bonchev–Trinajstić information content (AvgIpc) is 2.32. The van der Waals surface area contributed by atoms with Crippen LogP contribution in [-0.2, 0) is 4.79 Å². The molecule has 1 amide bonds. The number of likely N-dealkylation sites (N-methyl/N-ethyl adjacent to an activating group) is 1. The molecule has 100 valence electrons. The van der Waals surface area contributed by atoms with Gasteiger partial charge < -0.3 is 11.1 Å². The first-order valence-corrected chi connectivity index (χ1v) is 5.74. The second-order valence-electron chi connectivity index (χ2n) is 3.83. The van der Waals surface area contributed by atoms with E-state index in [2.05, 4.69) is 5.32 Å². The second kappa shape index (κ2) is 7.03. The van der Waals surface area contributed by atoms with Gasteiger partial charge in [0.25, 0.3) is 0 Å². The third kappa shape index (κ3) is 4.38. The molecule has 0 radical (unpaired) electrons. The van der Waals surface area contributed by atoms with E-state index in [0.29, 0.717) is 19.6 Å². The number of carbonyl (C=O) groups excluding carboxylic acids is 1. The maximum Gasteiger partial charge on any atom is 0.238 e. The third-order valence-electron chi connectivity index (χ3n) is 2.46. The van der Waals surface area contributed by atoms with E-state index < -0.39 is 11.6 Å². The van der Waals surface area contributed by atoms with Crippen molar-refractivity contribution in [3.8, 4) is 0 Å². The highest BCUT2D eigenvalue weighted by atomic mass is 19.1. The van der Waals surface area contributed by atoms with Crippen LogP contribution in [0.25, 0.3) is 0 Å². The van der Waals surface area contributed by atoms with Gasteiger partial charge in [0.2, 0.25) is 5.91 Å². The molecule has 18 heavy (non-hydrogen) atoms. The van der Waals surface area contributed by atoms with Crippen LogP contribution in [0.3, 0.4) is 0 Å². The van der Waals surface area contributed by atoms with Gasteiger partial charge in [-0.3, -0.25) is 9.69 Å². The van der Waals surface area contributed by atoms with Crippen molar-refractivity contribution < 1.29 is 13.6 Å². The van der Waals surface area contributed by atoms with Crippen LogP contribution in [0.5, 0.6) is 0 Å². The number of carbonyl (C=O) groups is 1. The smallest absolute Gasteiger partial charge is 0.238 e. The summed E-state index contributed by atoms with van der Waals surface area (Å²) in [6.45, 7) is 3.75. The fourth-order valence-corrected chi connectivity index (χ4v) is 1.52. The molecule has 0 saturated heterocycles. The maximum absolute atomic E-state index is 13.3. The largest absolute Gasteiger partial charge is 0.329 e. The lowest BCUT2D eigenvalue weighted by atomic mass is 10.3. The summed E-state index contributed by atoms with van der Waals surface area (Å²) in [5, 5.41) is 2.40. The number of hydrogen-bond acceptors (Lipinski definition) is 3. The Balaban J connectivity index is 2.58. The van der Waals surface area contributed by atoms with Crippen molar-refractivity contribution in [3.05, 3.63) is 29.8 Å². The van der Waals surface area contributed by atoms with E-state index in [-0.39, 0.29) is 18.1 Å². The Kier molecular flexibility index (Phi) is 5.67. The molecule has 0 aliphatic rings. The van der Waals surface area contributed by atoms with E-state index in [1.54, 1.807) is 0 Å². The molecule has 1 aromatic rings. The van der Waals surface area contributed by atoms with Crippen molar-refractivity contribution in [1.82, 2.24) is 4.90 Å². The third-order valence-corrected chi connectivity index (χ3v) is 2.46. The Labute approximate surface area is 105 Å². The van der Waals surface area contributed by atoms with E-state index in [1.165, 1.54) is 6.07 Å². The Morgan fingerprint density at radius 1 is 1.44 bits per heavy atom. The van der Waals surface area contributed by atoms with Crippen molar-refractivity contribution in [3.63, 3.8) is 0 Å². The van der Waals surface area contributed by atoms with Crippen molar-refractivity contribution >= 4 is 11.6 Å². The van der Waals surface area contributed by atoms with Crippen molar-refractivity contribution in [2.75, 3.05) is 31.5 Å². The minimum Gasteiger partial charge on any atom is -0.329 e. The molecule has 0 aliphatic heterocycles. The van der Waals surface area contributed by atoms with E-state index in [0.717, 1.165) is 12.1 Å². The van der Waals surface area contributed by atoms with Gasteiger partial charge in [-0.25, -0.2) is 8.78 Å². The first-order valence-electron chi connectivity index (χ1n) is 5.74. The second-order valence-corrected chi connectivity index (χ2v) is 3.83. The Morgan fingerprint density at radius 3 is 2.72 bits per heavy atom. The van der Waals surface area contributed by atoms with Gasteiger partial charge in [0.05, 0.1) is 12.2 Å². The van der Waals surface area contributed by atoms with Crippen LogP contribution in [0, 0.1) is 11.6 Å². The van der Waals surface area contributed by atoms with E-state index in [4.69, 9.17) is 5.73 Å². The van der Waals surface area contributed by atoms with Gasteiger partial charge >= 0.3 is 0 Å². The molecule has 0 aliphatic carbocycles. The van der Waals surface area contributed by atoms with E-state index in [9.17, 15) is 13.6 Å². The molecule has 0 heterocycles. The number of rotatable bonds is 6. The number of nitrogens with two attached hydrogens (primary N) is 1. The molecule has 1 aromatic carbocycles. The van der Waals surface area contributed by atoms with Crippen LogP contribution in [0.15, 0.2) is 18.2 Å². The molecule has 0 saturated carbocycles. The number of hydrogen-bond donors (Lipinski definition) is 2. The first kappa shape index (κ1) is 14.5. The molecule has 4 nitrogen and oxygen atoms in total. The summed E-state index contributed by atoms with van der Waals surface area (Å²) in [6.07, 6.45) is 0. The van der Waals surface area contributed by atoms with Crippen molar-refractivity contribution in [2.24, 2.45) is 5.73 Å². The summed E-state index contributed by atoms with van der Waals surface area (Å²) in [5.74, 6) is -1.81. The zero-order chi connectivity index (χ0) is 13.5. The number of amides is 1. The highest BCUT2D eigenvalue weighted by molar-refractivity contribution is 5.92. The lowest BCUT2D eigenvalue weighted by molar-refractivity contribution is -0.117. The Bertz CT molecular complexity index is 412. The quantitative estimate of drug-likeness (QED) is 0.804. The molecule has 3 N–H and O–H groups in total. The first-order chi connectivity index (χ1) is 8.56. The minimum absolute atomic E-state index is 0.0230. The van der Waals surface area contributed by atoms with Crippen molar-refractivity contribution in [1.29, 1.82) is 0 Å². The molecular formula is C12H17F2N3O. The predicted molar refractivity (Wildman–Crippen MR) is 66.2 cm³/mol. The number of nitrogens with zero attached hydrogens (tertiary/aromatic N) is 1. The van der Waals surface area contributed by atoms with Gasteiger partial charge in [0, 0.05) is 19.2 Å². The van der Waals surface area contributed by atoms with Gasteiger partial charge in [-0.2, -0.15) is 0 Å². The van der Waals surface area contributed by atoms with Crippen LogP contribution in [0.1, 0.15) is 6.92 Å². The Morgan fingerprint density at radius 2 is 2.17 bits per heavy atom. The highest BCUT2D eigenvalue weighted by Gasteiger charge is 2.11. The number of nitrogens with one attached hydrogen (secondary N) is 1. The molecule has 0 fully saturated rings. The molecule has 0 aromatic heterocycles. The zero-order valence-electron chi connectivity index (χ0n) is 10.2. The molecule has 0 bridgehead atoms. The molecule has 0 spiro atoms. The van der Waals surface area contributed by atoms with Crippen LogP contribution < -0.4 is 11.1 Å². The molecule has 0 atom stereocenters. The predicted octanol–water partition coefficient (Wildman–Crippen LogP) is 1.18. The standard InChI is InChI=1S/C12H17F2N3O/c1-2-17(6-5-15)8-12(18)16-11-4-3-9(13)7-10(11)14/h3-4,7H,2,5-6,8,15H2,1H3,(H,16,18). The summed E-state index contributed by atoms with van der Waals surface area (Å²) in [4.78, 5) is 13.5. The van der Waals surface area contributed by atoms with Gasteiger partial charge in [-0.1, -0.05) is 6.92 Å². The molecule has 0 unspecified atom stereocenters. The maximum atomic E-state index is 13.3. The van der Waals surface area contributed by atoms with Crippen LogP contribution in [0.2, 0.25) is 0 Å². The van der Waals surface area contributed by atoms with Gasteiger partial charge in [0.15, 0.2) is 0 Å². The van der Waals surface area contributed by atoms with Gasteiger partial charge in [-0.15, -0.1) is 0 Å². The Hall–Kier alpha value is -1.53. The lowest BCUT2D eigenvalue weighted by Gasteiger charge is -2.18.